The van der Waals surface area contributed by atoms with Crippen molar-refractivity contribution in [3.8, 4) is 16.9 Å². The summed E-state index contributed by atoms with van der Waals surface area (Å²) in [6.07, 6.45) is 1.89. The number of benzene rings is 3. The van der Waals surface area contributed by atoms with Gasteiger partial charge >= 0.3 is 0 Å². The standard InChI is InChI=1S/C29H31FN2O3/c1-35-25-14-10-21(11-15-25)20-4-6-22(7-5-20)28-26-18-31(16-2-3-17-32(26)27(28)19-33)29(34)23-8-12-24(30)13-9-23/h4-15,26-28,33H,2-3,16-19H2,1H3/t26-,27-,28+/m0/s1. The largest absolute Gasteiger partial charge is 0.497 e. The summed E-state index contributed by atoms with van der Waals surface area (Å²) in [6.45, 7) is 2.30. The number of nitrogens with zero attached hydrogens (tertiary/aromatic N) is 2. The van der Waals surface area contributed by atoms with E-state index < -0.39 is 0 Å². The normalized spacial score (nSPS) is 22.5. The van der Waals surface area contributed by atoms with Crippen molar-refractivity contribution in [3.05, 3.63) is 89.7 Å². The SMILES string of the molecule is COc1ccc(-c2ccc([C@H]3[C@H](CO)N4CCCCN(C(=O)c5ccc(F)cc5)C[C@@H]34)cc2)cc1. The first kappa shape index (κ1) is 23.5. The topological polar surface area (TPSA) is 53.0 Å². The molecule has 3 aromatic rings. The molecule has 1 amide bonds. The van der Waals surface area contributed by atoms with Gasteiger partial charge in [0.2, 0.25) is 0 Å². The van der Waals surface area contributed by atoms with Crippen LogP contribution < -0.4 is 4.74 Å². The molecule has 3 aromatic carbocycles. The summed E-state index contributed by atoms with van der Waals surface area (Å²) >= 11 is 0. The lowest BCUT2D eigenvalue weighted by Gasteiger charge is -2.57. The smallest absolute Gasteiger partial charge is 0.253 e. The molecule has 0 saturated carbocycles. The van der Waals surface area contributed by atoms with Crippen LogP contribution in [0.4, 0.5) is 4.39 Å². The van der Waals surface area contributed by atoms with Crippen molar-refractivity contribution in [1.29, 1.82) is 0 Å². The maximum atomic E-state index is 13.4. The molecule has 0 aromatic heterocycles. The summed E-state index contributed by atoms with van der Waals surface area (Å²) < 4.78 is 18.6. The Balaban J connectivity index is 1.37. The summed E-state index contributed by atoms with van der Waals surface area (Å²) in [5, 5.41) is 10.2. The van der Waals surface area contributed by atoms with Gasteiger partial charge in [0.05, 0.1) is 13.7 Å². The first-order valence-electron chi connectivity index (χ1n) is 12.2. The first-order chi connectivity index (χ1) is 17.1. The molecule has 3 atom stereocenters. The Labute approximate surface area is 205 Å². The number of methoxy groups -OCH3 is 1. The predicted molar refractivity (Wildman–Crippen MR) is 134 cm³/mol. The molecule has 2 aliphatic rings. The fraction of sp³-hybridized carbons (Fsp3) is 0.345. The van der Waals surface area contributed by atoms with E-state index in [1.165, 1.54) is 17.7 Å². The number of carbonyl (C=O) groups excluding carboxylic acids is 1. The van der Waals surface area contributed by atoms with E-state index in [0.29, 0.717) is 18.7 Å². The van der Waals surface area contributed by atoms with E-state index in [-0.39, 0.29) is 36.3 Å². The van der Waals surface area contributed by atoms with Gasteiger partial charge in [0.1, 0.15) is 11.6 Å². The van der Waals surface area contributed by atoms with E-state index in [1.807, 2.05) is 29.2 Å². The van der Waals surface area contributed by atoms with E-state index in [4.69, 9.17) is 4.74 Å². The molecule has 2 heterocycles. The maximum absolute atomic E-state index is 13.4. The Morgan fingerprint density at radius 2 is 1.57 bits per heavy atom. The maximum Gasteiger partial charge on any atom is 0.253 e. The molecule has 35 heavy (non-hydrogen) atoms. The summed E-state index contributed by atoms with van der Waals surface area (Å²) in [5.41, 5.74) is 3.93. The van der Waals surface area contributed by atoms with E-state index in [1.54, 1.807) is 19.2 Å². The third-order valence-corrected chi connectivity index (χ3v) is 7.47. The Morgan fingerprint density at radius 1 is 0.943 bits per heavy atom. The van der Waals surface area contributed by atoms with Crippen LogP contribution in [0.5, 0.6) is 5.75 Å². The lowest BCUT2D eigenvalue weighted by molar-refractivity contribution is -0.0606. The van der Waals surface area contributed by atoms with Crippen LogP contribution in [-0.2, 0) is 0 Å². The number of carbonyl (C=O) groups is 1. The van der Waals surface area contributed by atoms with Crippen molar-refractivity contribution < 1.29 is 19.0 Å². The molecule has 0 spiro atoms. The van der Waals surface area contributed by atoms with E-state index >= 15 is 0 Å². The molecule has 0 bridgehead atoms. The quantitative estimate of drug-likeness (QED) is 0.589. The Kier molecular flexibility index (Phi) is 6.84. The number of fused-ring (bicyclic) bond motifs is 1. The first-order valence-corrected chi connectivity index (χ1v) is 12.2. The fourth-order valence-corrected chi connectivity index (χ4v) is 5.58. The second-order valence-electron chi connectivity index (χ2n) is 9.40. The van der Waals surface area contributed by atoms with Crippen LogP contribution in [0.1, 0.15) is 34.7 Å². The Morgan fingerprint density at radius 3 is 2.20 bits per heavy atom. The monoisotopic (exact) mass is 474 g/mol. The number of rotatable bonds is 5. The Hall–Kier alpha value is -3.22. The van der Waals surface area contributed by atoms with E-state index in [0.717, 1.165) is 36.3 Å². The highest BCUT2D eigenvalue weighted by atomic mass is 19.1. The number of aliphatic hydroxyl groups excluding tert-OH is 1. The molecule has 6 heteroatoms. The van der Waals surface area contributed by atoms with Crippen molar-refractivity contribution in [1.82, 2.24) is 9.80 Å². The van der Waals surface area contributed by atoms with Crippen LogP contribution in [0, 0.1) is 5.82 Å². The number of hydrogen-bond acceptors (Lipinski definition) is 4. The van der Waals surface area contributed by atoms with Gasteiger partial charge in [0.15, 0.2) is 0 Å². The highest BCUT2D eigenvalue weighted by Gasteiger charge is 2.49. The van der Waals surface area contributed by atoms with Gasteiger partial charge in [-0.15, -0.1) is 0 Å². The molecule has 1 N–H and O–H groups in total. The minimum Gasteiger partial charge on any atom is -0.497 e. The average Bonchev–Trinajstić information content (AvgIpc) is 2.88. The van der Waals surface area contributed by atoms with Crippen molar-refractivity contribution in [2.24, 2.45) is 0 Å². The number of halogens is 1. The highest BCUT2D eigenvalue weighted by molar-refractivity contribution is 5.94. The minimum atomic E-state index is -0.344. The van der Waals surface area contributed by atoms with Crippen molar-refractivity contribution in [3.63, 3.8) is 0 Å². The predicted octanol–water partition coefficient (Wildman–Crippen LogP) is 4.57. The molecule has 2 aliphatic heterocycles. The van der Waals surface area contributed by atoms with Crippen LogP contribution in [0.2, 0.25) is 0 Å². The third kappa shape index (κ3) is 4.68. The van der Waals surface area contributed by atoms with Gasteiger partial charge in [-0.05, 0) is 72.5 Å². The zero-order valence-electron chi connectivity index (χ0n) is 19.9. The van der Waals surface area contributed by atoms with Gasteiger partial charge in [-0.25, -0.2) is 4.39 Å². The van der Waals surface area contributed by atoms with Crippen LogP contribution in [0.3, 0.4) is 0 Å². The van der Waals surface area contributed by atoms with Gasteiger partial charge in [0, 0.05) is 36.7 Å². The van der Waals surface area contributed by atoms with Crippen molar-refractivity contribution >= 4 is 5.91 Å². The minimum absolute atomic E-state index is 0.0488. The molecule has 5 rings (SSSR count). The van der Waals surface area contributed by atoms with Crippen LogP contribution in [0.15, 0.2) is 72.8 Å². The molecule has 182 valence electrons. The van der Waals surface area contributed by atoms with Crippen molar-refractivity contribution in [2.45, 2.75) is 30.8 Å². The van der Waals surface area contributed by atoms with Crippen molar-refractivity contribution in [2.75, 3.05) is 33.4 Å². The summed E-state index contributed by atoms with van der Waals surface area (Å²) in [6, 6.07) is 22.5. The molecule has 5 nitrogen and oxygen atoms in total. The molecule has 2 saturated heterocycles. The second-order valence-corrected chi connectivity index (χ2v) is 9.40. The molecule has 0 aliphatic carbocycles. The van der Waals surface area contributed by atoms with Crippen LogP contribution in [0.25, 0.3) is 11.1 Å². The summed E-state index contributed by atoms with van der Waals surface area (Å²) in [5.74, 6) is 0.567. The van der Waals surface area contributed by atoms with Gasteiger partial charge in [-0.2, -0.15) is 0 Å². The molecular weight excluding hydrogens is 443 g/mol. The zero-order valence-corrected chi connectivity index (χ0v) is 19.9. The number of ether oxygens (including phenoxy) is 1. The van der Waals surface area contributed by atoms with Gasteiger partial charge in [-0.1, -0.05) is 36.4 Å². The summed E-state index contributed by atoms with van der Waals surface area (Å²) in [7, 11) is 1.66. The van der Waals surface area contributed by atoms with Gasteiger partial charge in [-0.3, -0.25) is 9.69 Å². The van der Waals surface area contributed by atoms with Crippen LogP contribution in [-0.4, -0.2) is 66.2 Å². The Bertz CT molecular complexity index is 1150. The highest BCUT2D eigenvalue weighted by Crippen LogP contribution is 2.42. The molecule has 0 unspecified atom stereocenters. The second kappa shape index (κ2) is 10.2. The van der Waals surface area contributed by atoms with E-state index in [2.05, 4.69) is 29.2 Å². The molecule has 2 fully saturated rings. The van der Waals surface area contributed by atoms with Crippen LogP contribution >= 0.6 is 0 Å². The molecular formula is C29H31FN2O3. The lowest BCUT2D eigenvalue weighted by atomic mass is 9.74. The zero-order chi connectivity index (χ0) is 24.4. The summed E-state index contributed by atoms with van der Waals surface area (Å²) in [4.78, 5) is 17.5. The number of aliphatic hydroxyl groups is 1. The van der Waals surface area contributed by atoms with Gasteiger partial charge in [0.25, 0.3) is 5.91 Å². The van der Waals surface area contributed by atoms with E-state index in [9.17, 15) is 14.3 Å². The average molecular weight is 475 g/mol. The fourth-order valence-electron chi connectivity index (χ4n) is 5.58. The third-order valence-electron chi connectivity index (χ3n) is 7.47. The lowest BCUT2D eigenvalue weighted by Crippen LogP contribution is -2.67. The number of hydrogen-bond donors (Lipinski definition) is 1. The number of amides is 1. The van der Waals surface area contributed by atoms with Gasteiger partial charge < -0.3 is 14.7 Å². The molecule has 0 radical (unpaired) electrons.